The van der Waals surface area contributed by atoms with Crippen LogP contribution in [0.1, 0.15) is 36.6 Å². The van der Waals surface area contributed by atoms with Crippen LogP contribution in [-0.4, -0.2) is 30.1 Å². The fraction of sp³-hybridized carbons (Fsp3) is 0.615. The molecule has 0 saturated heterocycles. The van der Waals surface area contributed by atoms with Gasteiger partial charge in [0, 0.05) is 19.0 Å². The van der Waals surface area contributed by atoms with E-state index in [0.29, 0.717) is 24.6 Å². The lowest BCUT2D eigenvalue weighted by Gasteiger charge is -2.19. The van der Waals surface area contributed by atoms with Gasteiger partial charge >= 0.3 is 0 Å². The number of aliphatic hydroxyl groups is 1. The first-order chi connectivity index (χ1) is 8.04. The largest absolute Gasteiger partial charge is 0.458 e. The molecule has 0 aliphatic rings. The van der Waals surface area contributed by atoms with Gasteiger partial charge in [-0.1, -0.05) is 13.8 Å². The van der Waals surface area contributed by atoms with Crippen LogP contribution in [0.3, 0.4) is 0 Å². The number of Topliss-reactive ketones (excluding diaryl/α,β-unsaturated/α-hetero) is 1. The van der Waals surface area contributed by atoms with E-state index in [-0.39, 0.29) is 18.4 Å². The summed E-state index contributed by atoms with van der Waals surface area (Å²) in [6.45, 7) is 6.53. The van der Waals surface area contributed by atoms with Crippen molar-refractivity contribution in [3.05, 3.63) is 23.7 Å². The Morgan fingerprint density at radius 3 is 2.65 bits per heavy atom. The van der Waals surface area contributed by atoms with E-state index in [4.69, 9.17) is 9.52 Å². The Bertz CT molecular complexity index is 357. The Hall–Kier alpha value is -1.13. The first-order valence-corrected chi connectivity index (χ1v) is 5.98. The van der Waals surface area contributed by atoms with Crippen molar-refractivity contribution in [2.24, 2.45) is 5.92 Å². The second-order valence-corrected chi connectivity index (χ2v) is 4.57. The van der Waals surface area contributed by atoms with Gasteiger partial charge in [-0.05, 0) is 25.0 Å². The molecule has 0 bridgehead atoms. The lowest BCUT2D eigenvalue weighted by Crippen LogP contribution is -2.38. The predicted molar refractivity (Wildman–Crippen MR) is 66.1 cm³/mol. The van der Waals surface area contributed by atoms with Gasteiger partial charge in [-0.15, -0.1) is 0 Å². The maximum absolute atomic E-state index is 11.7. The lowest BCUT2D eigenvalue weighted by atomic mass is 10.1. The molecule has 1 atom stereocenters. The quantitative estimate of drug-likeness (QED) is 0.712. The third kappa shape index (κ3) is 4.32. The van der Waals surface area contributed by atoms with E-state index in [9.17, 15) is 4.79 Å². The van der Waals surface area contributed by atoms with Gasteiger partial charge in [-0.2, -0.15) is 0 Å². The normalized spacial score (nSPS) is 13.0. The van der Waals surface area contributed by atoms with Gasteiger partial charge in [0.15, 0.2) is 11.5 Å². The highest BCUT2D eigenvalue weighted by molar-refractivity contribution is 5.93. The average molecular weight is 239 g/mol. The van der Waals surface area contributed by atoms with E-state index >= 15 is 0 Å². The Morgan fingerprint density at radius 1 is 1.47 bits per heavy atom. The Kier molecular flexibility index (Phi) is 5.38. The van der Waals surface area contributed by atoms with E-state index in [1.54, 1.807) is 12.1 Å². The summed E-state index contributed by atoms with van der Waals surface area (Å²) in [7, 11) is 0. The molecule has 1 unspecified atom stereocenters. The second kappa shape index (κ2) is 6.57. The molecule has 0 amide bonds. The summed E-state index contributed by atoms with van der Waals surface area (Å²) in [5, 5.41) is 12.3. The number of rotatable bonds is 7. The van der Waals surface area contributed by atoms with E-state index < -0.39 is 0 Å². The Labute approximate surface area is 102 Å². The molecule has 0 spiro atoms. The van der Waals surface area contributed by atoms with Gasteiger partial charge in [0.2, 0.25) is 0 Å². The summed E-state index contributed by atoms with van der Waals surface area (Å²) in [5.74, 6) is 1.50. The number of nitrogens with one attached hydrogen (secondary N) is 1. The van der Waals surface area contributed by atoms with E-state index in [1.807, 2.05) is 20.8 Å². The van der Waals surface area contributed by atoms with E-state index in [2.05, 4.69) is 5.32 Å². The molecule has 1 aromatic rings. The maximum atomic E-state index is 11.7. The average Bonchev–Trinajstić information content (AvgIpc) is 2.70. The highest BCUT2D eigenvalue weighted by atomic mass is 16.3. The number of carbonyl (C=O) groups excluding carboxylic acids is 1. The zero-order chi connectivity index (χ0) is 12.8. The van der Waals surface area contributed by atoms with Crippen LogP contribution in [0.25, 0.3) is 0 Å². The minimum atomic E-state index is -0.00829. The molecular weight excluding hydrogens is 218 g/mol. The molecule has 96 valence electrons. The highest BCUT2D eigenvalue weighted by Crippen LogP contribution is 2.08. The first-order valence-electron chi connectivity index (χ1n) is 5.98. The van der Waals surface area contributed by atoms with Crippen LogP contribution >= 0.6 is 0 Å². The number of aliphatic hydroxyl groups excluding tert-OH is 1. The van der Waals surface area contributed by atoms with Crippen molar-refractivity contribution in [1.29, 1.82) is 0 Å². The lowest BCUT2D eigenvalue weighted by molar-refractivity contribution is 0.0950. The molecule has 4 nitrogen and oxygen atoms in total. The molecule has 17 heavy (non-hydrogen) atoms. The smallest absolute Gasteiger partial charge is 0.199 e. The zero-order valence-corrected chi connectivity index (χ0v) is 10.7. The number of furan rings is 1. The molecular formula is C13H21NO3. The molecule has 0 aliphatic carbocycles. The maximum Gasteiger partial charge on any atom is 0.199 e. The molecule has 0 fully saturated rings. The highest BCUT2D eigenvalue weighted by Gasteiger charge is 2.13. The fourth-order valence-electron chi connectivity index (χ4n) is 1.59. The van der Waals surface area contributed by atoms with Crippen molar-refractivity contribution < 1.29 is 14.3 Å². The van der Waals surface area contributed by atoms with Gasteiger partial charge < -0.3 is 14.8 Å². The molecule has 2 N–H and O–H groups in total. The van der Waals surface area contributed by atoms with E-state index in [0.717, 1.165) is 5.76 Å². The van der Waals surface area contributed by atoms with Gasteiger partial charge in [0.05, 0.1) is 6.61 Å². The monoisotopic (exact) mass is 239 g/mol. The number of carbonyl (C=O) groups is 1. The van der Waals surface area contributed by atoms with Crippen molar-refractivity contribution in [3.8, 4) is 0 Å². The number of hydrogen-bond donors (Lipinski definition) is 2. The van der Waals surface area contributed by atoms with Crippen molar-refractivity contribution in [2.75, 3.05) is 13.2 Å². The standard InChI is InChI=1S/C13H21NO3/c1-9(2)11(8-15)14-7-6-12(16)13-5-4-10(3)17-13/h4-5,9,11,14-15H,6-8H2,1-3H3. The minimum absolute atomic E-state index is 0.00829. The summed E-state index contributed by atoms with van der Waals surface area (Å²) < 4.78 is 5.25. The molecule has 0 radical (unpaired) electrons. The molecule has 1 rings (SSSR count). The third-order valence-electron chi connectivity index (χ3n) is 2.78. The van der Waals surface area contributed by atoms with Crippen molar-refractivity contribution in [2.45, 2.75) is 33.2 Å². The fourth-order valence-corrected chi connectivity index (χ4v) is 1.59. The van der Waals surface area contributed by atoms with Crippen molar-refractivity contribution in [3.63, 3.8) is 0 Å². The molecule has 1 heterocycles. The topological polar surface area (TPSA) is 62.5 Å². The van der Waals surface area contributed by atoms with Crippen LogP contribution in [0.5, 0.6) is 0 Å². The van der Waals surface area contributed by atoms with Crippen LogP contribution in [0, 0.1) is 12.8 Å². The van der Waals surface area contributed by atoms with Crippen LogP contribution in [0.4, 0.5) is 0 Å². The van der Waals surface area contributed by atoms with Crippen molar-refractivity contribution in [1.82, 2.24) is 5.32 Å². The van der Waals surface area contributed by atoms with Crippen molar-refractivity contribution >= 4 is 5.78 Å². The summed E-state index contributed by atoms with van der Waals surface area (Å²) in [6, 6.07) is 3.52. The number of ketones is 1. The van der Waals surface area contributed by atoms with Gasteiger partial charge in [-0.25, -0.2) is 0 Å². The Morgan fingerprint density at radius 2 is 2.18 bits per heavy atom. The predicted octanol–water partition coefficient (Wildman–Crippen LogP) is 1.77. The van der Waals surface area contributed by atoms with Crippen LogP contribution in [-0.2, 0) is 0 Å². The van der Waals surface area contributed by atoms with Gasteiger partial charge in [0.25, 0.3) is 0 Å². The van der Waals surface area contributed by atoms with Crippen LogP contribution in [0.2, 0.25) is 0 Å². The van der Waals surface area contributed by atoms with Crippen LogP contribution in [0.15, 0.2) is 16.5 Å². The summed E-state index contributed by atoms with van der Waals surface area (Å²) in [5.41, 5.74) is 0. The minimum Gasteiger partial charge on any atom is -0.458 e. The summed E-state index contributed by atoms with van der Waals surface area (Å²) in [4.78, 5) is 11.7. The number of aryl methyl sites for hydroxylation is 1. The molecule has 4 heteroatoms. The SMILES string of the molecule is Cc1ccc(C(=O)CCNC(CO)C(C)C)o1. The zero-order valence-electron chi connectivity index (χ0n) is 10.7. The molecule has 0 saturated carbocycles. The molecule has 0 aliphatic heterocycles. The third-order valence-corrected chi connectivity index (χ3v) is 2.78. The Balaban J connectivity index is 2.34. The molecule has 0 aromatic carbocycles. The van der Waals surface area contributed by atoms with Gasteiger partial charge in [0.1, 0.15) is 5.76 Å². The van der Waals surface area contributed by atoms with E-state index in [1.165, 1.54) is 0 Å². The second-order valence-electron chi connectivity index (χ2n) is 4.57. The summed E-state index contributed by atoms with van der Waals surface area (Å²) in [6.07, 6.45) is 0.385. The summed E-state index contributed by atoms with van der Waals surface area (Å²) >= 11 is 0. The van der Waals surface area contributed by atoms with Gasteiger partial charge in [-0.3, -0.25) is 4.79 Å². The molecule has 1 aromatic heterocycles. The van der Waals surface area contributed by atoms with Crippen LogP contribution < -0.4 is 5.32 Å². The number of hydrogen-bond acceptors (Lipinski definition) is 4. The first kappa shape index (κ1) is 13.9.